The number of aromatic amines is 1. The molecule has 1 unspecified atom stereocenters. The van der Waals surface area contributed by atoms with E-state index in [0.29, 0.717) is 22.4 Å². The summed E-state index contributed by atoms with van der Waals surface area (Å²) in [5.74, 6) is -1.68. The van der Waals surface area contributed by atoms with E-state index in [1.165, 1.54) is 7.11 Å². The fourth-order valence-corrected chi connectivity index (χ4v) is 3.57. The Morgan fingerprint density at radius 2 is 1.83 bits per heavy atom. The second-order valence-electron chi connectivity index (χ2n) is 7.18. The fraction of sp³-hybridized carbons (Fsp3) is 0.286. The van der Waals surface area contributed by atoms with Gasteiger partial charge in [-0.2, -0.15) is 5.26 Å². The molecule has 1 aromatic heterocycles. The minimum atomic E-state index is -1.36. The number of carbonyl (C=O) groups is 4. The number of Topliss-reactive ketones (excluding diaryl/α,β-unsaturated/α-hetero) is 1. The van der Waals surface area contributed by atoms with Crippen molar-refractivity contribution in [3.63, 3.8) is 0 Å². The van der Waals surface area contributed by atoms with Crippen LogP contribution in [0.3, 0.4) is 0 Å². The predicted octanol–water partition coefficient (Wildman–Crippen LogP) is 1.94. The van der Waals surface area contributed by atoms with Crippen molar-refractivity contribution in [2.24, 2.45) is 0 Å². The smallest absolute Gasteiger partial charge is 0.339 e. The molecule has 1 aliphatic rings. The third kappa shape index (κ3) is 3.22. The molecule has 0 aliphatic carbocycles. The Kier molecular flexibility index (Phi) is 5.18. The molecule has 2 aromatic rings. The van der Waals surface area contributed by atoms with Crippen molar-refractivity contribution in [2.45, 2.75) is 26.3 Å². The van der Waals surface area contributed by atoms with Gasteiger partial charge in [0.15, 0.2) is 5.78 Å². The van der Waals surface area contributed by atoms with Gasteiger partial charge in [-0.05, 0) is 44.0 Å². The van der Waals surface area contributed by atoms with Crippen molar-refractivity contribution < 1.29 is 23.9 Å². The van der Waals surface area contributed by atoms with Crippen LogP contribution in [0.5, 0.6) is 0 Å². The zero-order valence-corrected chi connectivity index (χ0v) is 17.0. The van der Waals surface area contributed by atoms with Crippen LogP contribution < -0.4 is 5.32 Å². The molecule has 1 aromatic carbocycles. The number of H-pyrrole nitrogens is 1. The van der Waals surface area contributed by atoms with E-state index in [4.69, 9.17) is 10.00 Å². The van der Waals surface area contributed by atoms with Gasteiger partial charge in [-0.1, -0.05) is 12.1 Å². The van der Waals surface area contributed by atoms with Crippen LogP contribution in [-0.4, -0.2) is 47.2 Å². The Morgan fingerprint density at radius 3 is 2.40 bits per heavy atom. The van der Waals surface area contributed by atoms with Crippen molar-refractivity contribution in [1.82, 2.24) is 15.2 Å². The molecule has 9 nitrogen and oxygen atoms in total. The number of aromatic nitrogens is 1. The molecular weight excluding hydrogens is 388 g/mol. The summed E-state index contributed by atoms with van der Waals surface area (Å²) >= 11 is 0. The molecule has 2 N–H and O–H groups in total. The number of ketones is 1. The van der Waals surface area contributed by atoms with Crippen LogP contribution in [0.4, 0.5) is 4.79 Å². The Hall–Kier alpha value is -3.93. The number of rotatable bonds is 5. The van der Waals surface area contributed by atoms with Gasteiger partial charge in [0.05, 0.1) is 36.5 Å². The van der Waals surface area contributed by atoms with Crippen LogP contribution in [0, 0.1) is 25.2 Å². The minimum Gasteiger partial charge on any atom is -0.465 e. The number of hydrogen-bond acceptors (Lipinski definition) is 6. The van der Waals surface area contributed by atoms with E-state index in [2.05, 4.69) is 10.3 Å². The number of methoxy groups -OCH3 is 1. The number of urea groups is 1. The summed E-state index contributed by atoms with van der Waals surface area (Å²) in [5, 5.41) is 11.5. The summed E-state index contributed by atoms with van der Waals surface area (Å²) < 4.78 is 4.73. The van der Waals surface area contributed by atoms with Gasteiger partial charge in [-0.25, -0.2) is 9.59 Å². The summed E-state index contributed by atoms with van der Waals surface area (Å²) in [7, 11) is 1.24. The highest BCUT2D eigenvalue weighted by atomic mass is 16.5. The van der Waals surface area contributed by atoms with Crippen LogP contribution in [0.15, 0.2) is 24.3 Å². The molecule has 0 spiro atoms. The number of imide groups is 1. The molecule has 1 fully saturated rings. The minimum absolute atomic E-state index is 0.139. The molecule has 30 heavy (non-hydrogen) atoms. The van der Waals surface area contributed by atoms with E-state index in [9.17, 15) is 19.2 Å². The van der Waals surface area contributed by atoms with Crippen LogP contribution in [0.2, 0.25) is 0 Å². The Morgan fingerprint density at radius 1 is 1.20 bits per heavy atom. The van der Waals surface area contributed by atoms with E-state index in [0.717, 1.165) is 4.90 Å². The maximum absolute atomic E-state index is 13.0. The Labute approximate surface area is 172 Å². The third-order valence-corrected chi connectivity index (χ3v) is 5.27. The molecule has 1 saturated heterocycles. The summed E-state index contributed by atoms with van der Waals surface area (Å²) in [6, 6.07) is 7.56. The largest absolute Gasteiger partial charge is 0.465 e. The van der Waals surface area contributed by atoms with Gasteiger partial charge in [-0.15, -0.1) is 0 Å². The highest BCUT2D eigenvalue weighted by Gasteiger charge is 2.49. The molecule has 0 radical (unpaired) electrons. The van der Waals surface area contributed by atoms with Gasteiger partial charge in [0.25, 0.3) is 5.91 Å². The fourth-order valence-electron chi connectivity index (χ4n) is 3.57. The second kappa shape index (κ2) is 7.48. The average Bonchev–Trinajstić information content (AvgIpc) is 3.15. The maximum atomic E-state index is 13.0. The van der Waals surface area contributed by atoms with Crippen molar-refractivity contribution in [3.8, 4) is 6.07 Å². The quantitative estimate of drug-likeness (QED) is 0.441. The van der Waals surface area contributed by atoms with E-state index in [1.54, 1.807) is 45.0 Å². The number of aryl methyl sites for hydroxylation is 1. The van der Waals surface area contributed by atoms with Gasteiger partial charge in [0, 0.05) is 5.69 Å². The second-order valence-corrected chi connectivity index (χ2v) is 7.18. The van der Waals surface area contributed by atoms with Crippen LogP contribution >= 0.6 is 0 Å². The van der Waals surface area contributed by atoms with Gasteiger partial charge in [0.2, 0.25) is 0 Å². The first-order chi connectivity index (χ1) is 14.1. The van der Waals surface area contributed by atoms with E-state index in [1.807, 2.05) is 6.07 Å². The van der Waals surface area contributed by atoms with Gasteiger partial charge < -0.3 is 15.0 Å². The van der Waals surface area contributed by atoms with Crippen molar-refractivity contribution in [1.29, 1.82) is 5.26 Å². The summed E-state index contributed by atoms with van der Waals surface area (Å²) in [4.78, 5) is 53.9. The lowest BCUT2D eigenvalue weighted by Gasteiger charge is -2.22. The number of nitrogens with zero attached hydrogens (tertiary/aromatic N) is 2. The first kappa shape index (κ1) is 20.8. The topological polar surface area (TPSA) is 132 Å². The molecule has 154 valence electrons. The lowest BCUT2D eigenvalue weighted by atomic mass is 9.91. The van der Waals surface area contributed by atoms with Crippen molar-refractivity contribution in [2.75, 3.05) is 13.7 Å². The number of nitriles is 1. The van der Waals surface area contributed by atoms with Gasteiger partial charge in [-0.3, -0.25) is 14.5 Å². The number of carbonyl (C=O) groups excluding carboxylic acids is 4. The molecule has 1 aliphatic heterocycles. The molecule has 0 saturated carbocycles. The van der Waals surface area contributed by atoms with Crippen LogP contribution in [0.1, 0.15) is 50.2 Å². The molecule has 3 rings (SSSR count). The standard InChI is InChI=1S/C21H20N4O5/c1-11-16(18(27)30-4)12(2)23-17(11)15(26)10-25-19(28)21(3,24-20(25)29)14-7-5-13(9-22)6-8-14/h5-8,23H,10H2,1-4H3,(H,24,29). The molecule has 9 heteroatoms. The lowest BCUT2D eigenvalue weighted by Crippen LogP contribution is -2.41. The normalized spacial score (nSPS) is 18.2. The molecule has 1 atom stereocenters. The van der Waals surface area contributed by atoms with Crippen LogP contribution in [-0.2, 0) is 15.1 Å². The third-order valence-electron chi connectivity index (χ3n) is 5.27. The zero-order valence-electron chi connectivity index (χ0n) is 17.0. The molecule has 2 heterocycles. The molecular formula is C21H20N4O5. The van der Waals surface area contributed by atoms with Gasteiger partial charge >= 0.3 is 12.0 Å². The number of nitrogens with one attached hydrogen (secondary N) is 2. The Bertz CT molecular complexity index is 1110. The number of ether oxygens (including phenoxy) is 1. The predicted molar refractivity (Wildman–Crippen MR) is 105 cm³/mol. The Balaban J connectivity index is 1.86. The molecule has 0 bridgehead atoms. The number of hydrogen-bond donors (Lipinski definition) is 2. The number of amides is 3. The zero-order chi connectivity index (χ0) is 22.2. The lowest BCUT2D eigenvalue weighted by molar-refractivity contribution is -0.130. The maximum Gasteiger partial charge on any atom is 0.339 e. The van der Waals surface area contributed by atoms with Crippen molar-refractivity contribution >= 4 is 23.7 Å². The number of benzene rings is 1. The highest BCUT2D eigenvalue weighted by molar-refractivity contribution is 6.11. The number of esters is 1. The monoisotopic (exact) mass is 408 g/mol. The van der Waals surface area contributed by atoms with Crippen LogP contribution in [0.25, 0.3) is 0 Å². The first-order valence-electron chi connectivity index (χ1n) is 9.09. The van der Waals surface area contributed by atoms with E-state index < -0.39 is 35.8 Å². The van der Waals surface area contributed by atoms with Crippen molar-refractivity contribution in [3.05, 3.63) is 57.9 Å². The first-order valence-corrected chi connectivity index (χ1v) is 9.09. The van der Waals surface area contributed by atoms with E-state index >= 15 is 0 Å². The SMILES string of the molecule is COC(=O)c1c(C)[nH]c(C(=O)CN2C(=O)NC(C)(c3ccc(C#N)cc3)C2=O)c1C. The van der Waals surface area contributed by atoms with E-state index in [-0.39, 0.29) is 11.3 Å². The highest BCUT2D eigenvalue weighted by Crippen LogP contribution is 2.29. The molecule has 3 amide bonds. The van der Waals surface area contributed by atoms with Gasteiger partial charge in [0.1, 0.15) is 5.54 Å². The average molecular weight is 408 g/mol. The summed E-state index contributed by atoms with van der Waals surface area (Å²) in [6.07, 6.45) is 0. The summed E-state index contributed by atoms with van der Waals surface area (Å²) in [5.41, 5.74) is 0.804. The summed E-state index contributed by atoms with van der Waals surface area (Å²) in [6.45, 7) is 4.28.